The summed E-state index contributed by atoms with van der Waals surface area (Å²) in [6, 6.07) is 16.8. The van der Waals surface area contributed by atoms with Crippen molar-refractivity contribution in [2.24, 2.45) is 5.92 Å². The van der Waals surface area contributed by atoms with Crippen molar-refractivity contribution in [1.29, 1.82) is 0 Å². The zero-order valence-corrected chi connectivity index (χ0v) is 24.8. The number of piperazine rings is 1. The van der Waals surface area contributed by atoms with Crippen LogP contribution in [0.2, 0.25) is 0 Å². The molecule has 1 saturated carbocycles. The molecule has 1 aliphatic heterocycles. The van der Waals surface area contributed by atoms with Gasteiger partial charge in [0.05, 0.1) is 12.1 Å². The molecule has 1 saturated heterocycles. The molecule has 0 spiro atoms. The molecule has 0 bridgehead atoms. The third kappa shape index (κ3) is 7.51. The van der Waals surface area contributed by atoms with E-state index in [0.717, 1.165) is 16.8 Å². The van der Waals surface area contributed by atoms with Crippen LogP contribution in [0.5, 0.6) is 0 Å². The molecule has 1 heterocycles. The Bertz CT molecular complexity index is 1290. The fourth-order valence-electron chi connectivity index (χ4n) is 5.25. The van der Waals surface area contributed by atoms with E-state index in [9.17, 15) is 14.4 Å². The first-order chi connectivity index (χ1) is 20.1. The second-order valence-electron chi connectivity index (χ2n) is 11.8. The molecule has 9 nitrogen and oxygen atoms in total. The van der Waals surface area contributed by atoms with E-state index in [4.69, 9.17) is 9.47 Å². The molecular weight excluding hydrogens is 532 g/mol. The summed E-state index contributed by atoms with van der Waals surface area (Å²) in [6.07, 6.45) is 3.99. The highest BCUT2D eigenvalue weighted by molar-refractivity contribution is 5.87. The molecule has 224 valence electrons. The monoisotopic (exact) mass is 574 g/mol. The highest BCUT2D eigenvalue weighted by atomic mass is 16.6. The van der Waals surface area contributed by atoms with E-state index in [0.29, 0.717) is 32.5 Å². The quantitative estimate of drug-likeness (QED) is 0.301. The van der Waals surface area contributed by atoms with Gasteiger partial charge in [0.25, 0.3) is 0 Å². The molecule has 0 radical (unpaired) electrons. The Morgan fingerprint density at radius 1 is 1.07 bits per heavy atom. The normalized spacial score (nSPS) is 21.6. The molecule has 0 aromatic heterocycles. The lowest BCUT2D eigenvalue weighted by molar-refractivity contribution is -0.123. The molecule has 2 aromatic rings. The van der Waals surface area contributed by atoms with Crippen molar-refractivity contribution in [2.45, 2.75) is 57.4 Å². The van der Waals surface area contributed by atoms with E-state index in [1.807, 2.05) is 86.3 Å². The van der Waals surface area contributed by atoms with Crippen LogP contribution < -0.4 is 15.5 Å². The van der Waals surface area contributed by atoms with E-state index >= 15 is 0 Å². The first-order valence-corrected chi connectivity index (χ1v) is 14.4. The van der Waals surface area contributed by atoms with Gasteiger partial charge in [0.1, 0.15) is 18.2 Å². The maximum atomic E-state index is 13.4. The fourth-order valence-corrected chi connectivity index (χ4v) is 5.25. The van der Waals surface area contributed by atoms with Gasteiger partial charge in [0.2, 0.25) is 5.91 Å². The molecule has 2 fully saturated rings. The maximum Gasteiger partial charge on any atom is 0.410 e. The molecule has 1 unspecified atom stereocenters. The van der Waals surface area contributed by atoms with Gasteiger partial charge in [-0.15, -0.1) is 13.2 Å². The number of nitrogens with zero attached hydrogens (tertiary/aromatic N) is 2. The van der Waals surface area contributed by atoms with E-state index in [2.05, 4.69) is 23.8 Å². The van der Waals surface area contributed by atoms with Crippen LogP contribution in [0.25, 0.3) is 0 Å². The molecule has 2 aromatic carbocycles. The van der Waals surface area contributed by atoms with E-state index in [1.54, 1.807) is 11.0 Å². The smallest absolute Gasteiger partial charge is 0.410 e. The number of hydrogen-bond donors (Lipinski definition) is 2. The number of hydrogen-bond acceptors (Lipinski definition) is 6. The predicted molar refractivity (Wildman–Crippen MR) is 163 cm³/mol. The van der Waals surface area contributed by atoms with Crippen molar-refractivity contribution < 1.29 is 23.9 Å². The summed E-state index contributed by atoms with van der Waals surface area (Å²) in [5.74, 6) is -0.137. The zero-order valence-electron chi connectivity index (χ0n) is 24.8. The minimum Gasteiger partial charge on any atom is -0.445 e. The van der Waals surface area contributed by atoms with Gasteiger partial charge >= 0.3 is 12.2 Å². The van der Waals surface area contributed by atoms with Gasteiger partial charge in [-0.3, -0.25) is 4.79 Å². The lowest BCUT2D eigenvalue weighted by Crippen LogP contribution is -2.60. The van der Waals surface area contributed by atoms with E-state index in [1.165, 1.54) is 0 Å². The summed E-state index contributed by atoms with van der Waals surface area (Å²) >= 11 is 0. The first-order valence-electron chi connectivity index (χ1n) is 14.4. The number of nitrogens with one attached hydrogen (secondary N) is 2. The third-order valence-electron chi connectivity index (χ3n) is 7.51. The molecule has 2 N–H and O–H groups in total. The van der Waals surface area contributed by atoms with E-state index in [-0.39, 0.29) is 25.0 Å². The Balaban J connectivity index is 1.53. The van der Waals surface area contributed by atoms with Crippen molar-refractivity contribution in [1.82, 2.24) is 15.5 Å². The topological polar surface area (TPSA) is 100 Å². The minimum atomic E-state index is -0.647. The number of carbonyl (C=O) groups excluding carboxylic acids is 3. The van der Waals surface area contributed by atoms with Gasteiger partial charge < -0.3 is 29.9 Å². The summed E-state index contributed by atoms with van der Waals surface area (Å²) < 4.78 is 11.1. The molecule has 9 heteroatoms. The van der Waals surface area contributed by atoms with Crippen LogP contribution in [0, 0.1) is 5.92 Å². The van der Waals surface area contributed by atoms with Crippen LogP contribution in [-0.4, -0.2) is 60.8 Å². The zero-order chi connectivity index (χ0) is 30.3. The van der Waals surface area contributed by atoms with Gasteiger partial charge in [-0.05, 0) is 56.9 Å². The van der Waals surface area contributed by atoms with Crippen molar-refractivity contribution in [3.05, 3.63) is 91.0 Å². The first kappa shape index (κ1) is 30.7. The van der Waals surface area contributed by atoms with Crippen LogP contribution in [0.1, 0.15) is 44.7 Å². The Kier molecular flexibility index (Phi) is 9.60. The van der Waals surface area contributed by atoms with Crippen molar-refractivity contribution in [3.8, 4) is 0 Å². The highest BCUT2D eigenvalue weighted by Gasteiger charge is 2.55. The third-order valence-corrected chi connectivity index (χ3v) is 7.51. The van der Waals surface area contributed by atoms with Gasteiger partial charge in [0, 0.05) is 31.2 Å². The standard InChI is InChI=1S/C33H42N4O5/c1-6-8-17-34-29(38)28-22-36(31(40)42-32(3,4)5)18-19-37(28)27-16-12-15-26(20-27)33(21-25(33)7-2)35-30(39)41-23-24-13-10-9-11-14-24/h6-7,9-16,20,25,28H,1-2,8,17-19,21-23H2,3-5H3,(H,34,38)(H,35,39)/t25-,28-,33?/m1/s1. The lowest BCUT2D eigenvalue weighted by Gasteiger charge is -2.42. The van der Waals surface area contributed by atoms with Crippen LogP contribution in [-0.2, 0) is 26.4 Å². The van der Waals surface area contributed by atoms with Crippen LogP contribution in [0.3, 0.4) is 0 Å². The molecule has 3 amide bonds. The minimum absolute atomic E-state index is 0.0408. The summed E-state index contributed by atoms with van der Waals surface area (Å²) in [7, 11) is 0. The number of alkyl carbamates (subject to hydrolysis) is 1. The van der Waals surface area contributed by atoms with Gasteiger partial charge in [-0.1, -0.05) is 54.6 Å². The highest BCUT2D eigenvalue weighted by Crippen LogP contribution is 2.53. The molecule has 3 atom stereocenters. The summed E-state index contributed by atoms with van der Waals surface area (Å²) in [5.41, 5.74) is 1.35. The number of rotatable bonds is 10. The van der Waals surface area contributed by atoms with Crippen LogP contribution >= 0.6 is 0 Å². The van der Waals surface area contributed by atoms with Gasteiger partial charge in [-0.25, -0.2) is 9.59 Å². The maximum absolute atomic E-state index is 13.4. The summed E-state index contributed by atoms with van der Waals surface area (Å²) in [6.45, 7) is 14.8. The average molecular weight is 575 g/mol. The number of carbonyl (C=O) groups is 3. The largest absolute Gasteiger partial charge is 0.445 e. The molecular formula is C33H42N4O5. The molecule has 1 aliphatic carbocycles. The Labute approximate surface area is 248 Å². The molecule has 42 heavy (non-hydrogen) atoms. The second kappa shape index (κ2) is 13.1. The average Bonchev–Trinajstić information content (AvgIpc) is 3.69. The van der Waals surface area contributed by atoms with Gasteiger partial charge in [-0.2, -0.15) is 0 Å². The fraction of sp³-hybridized carbons (Fsp3) is 0.424. The number of anilines is 1. The number of benzene rings is 2. The summed E-state index contributed by atoms with van der Waals surface area (Å²) in [4.78, 5) is 42.7. The Morgan fingerprint density at radius 3 is 2.50 bits per heavy atom. The van der Waals surface area contributed by atoms with Crippen LogP contribution in [0.15, 0.2) is 79.9 Å². The number of amides is 3. The number of ether oxygens (including phenoxy) is 2. The van der Waals surface area contributed by atoms with Crippen LogP contribution in [0.4, 0.5) is 15.3 Å². The van der Waals surface area contributed by atoms with Gasteiger partial charge in [0.15, 0.2) is 0 Å². The second-order valence-corrected chi connectivity index (χ2v) is 11.8. The molecule has 2 aliphatic rings. The Morgan fingerprint density at radius 2 is 1.83 bits per heavy atom. The van der Waals surface area contributed by atoms with Crippen molar-refractivity contribution >= 4 is 23.8 Å². The SMILES string of the molecule is C=CCCNC(=O)[C@H]1CN(C(=O)OC(C)(C)C)CCN1c1cccc(C2(NC(=O)OCc3ccccc3)C[C@H]2C=C)c1. The lowest BCUT2D eigenvalue weighted by atomic mass is 10.00. The van der Waals surface area contributed by atoms with Crippen molar-refractivity contribution in [2.75, 3.05) is 31.1 Å². The van der Waals surface area contributed by atoms with E-state index < -0.39 is 29.4 Å². The van der Waals surface area contributed by atoms with Crippen molar-refractivity contribution in [3.63, 3.8) is 0 Å². The Hall–Kier alpha value is -4.27. The summed E-state index contributed by atoms with van der Waals surface area (Å²) in [5, 5.41) is 6.06. The molecule has 4 rings (SSSR count). The predicted octanol–water partition coefficient (Wildman–Crippen LogP) is 5.13.